The molecule has 0 aliphatic carbocycles. The molecule has 4 heteroatoms. The molecule has 4 nitrogen and oxygen atoms in total. The Labute approximate surface area is 118 Å². The third kappa shape index (κ3) is 5.49. The minimum atomic E-state index is 0.261. The zero-order chi connectivity index (χ0) is 14.4. The molecule has 19 heavy (non-hydrogen) atoms. The van der Waals surface area contributed by atoms with Gasteiger partial charge in [0.2, 0.25) is 5.91 Å². The minimum Gasteiger partial charge on any atom is -0.341 e. The number of likely N-dealkylation sites (tertiary alicyclic amines) is 1. The van der Waals surface area contributed by atoms with Crippen molar-refractivity contribution >= 4 is 5.91 Å². The number of nitrogens with zero attached hydrogens (tertiary/aromatic N) is 2. The minimum absolute atomic E-state index is 0.261. The Kier molecular flexibility index (Phi) is 6.80. The Morgan fingerprint density at radius 2 is 2.16 bits per heavy atom. The molecule has 112 valence electrons. The molecular formula is C15H31N3O. The second-order valence-corrected chi connectivity index (χ2v) is 6.50. The first-order valence-electron chi connectivity index (χ1n) is 7.58. The first-order chi connectivity index (χ1) is 8.93. The SMILES string of the molecule is CC(C)CC(CN)CC(=O)N(C)C1CCCN(C)C1. The van der Waals surface area contributed by atoms with Crippen LogP contribution in [0.4, 0.5) is 0 Å². The fourth-order valence-electron chi connectivity index (χ4n) is 2.98. The number of piperidine rings is 1. The monoisotopic (exact) mass is 269 g/mol. The topological polar surface area (TPSA) is 49.6 Å². The second-order valence-electron chi connectivity index (χ2n) is 6.50. The highest BCUT2D eigenvalue weighted by Gasteiger charge is 2.25. The van der Waals surface area contributed by atoms with Gasteiger partial charge in [0.25, 0.3) is 0 Å². The Bertz CT molecular complexity index is 281. The van der Waals surface area contributed by atoms with Gasteiger partial charge in [0, 0.05) is 26.1 Å². The van der Waals surface area contributed by atoms with Crippen LogP contribution in [0.2, 0.25) is 0 Å². The lowest BCUT2D eigenvalue weighted by molar-refractivity contribution is -0.134. The van der Waals surface area contributed by atoms with E-state index in [2.05, 4.69) is 25.8 Å². The molecule has 1 aliphatic heterocycles. The Hall–Kier alpha value is -0.610. The van der Waals surface area contributed by atoms with E-state index in [9.17, 15) is 4.79 Å². The summed E-state index contributed by atoms with van der Waals surface area (Å²) in [6.07, 6.45) is 3.96. The summed E-state index contributed by atoms with van der Waals surface area (Å²) in [5, 5.41) is 0. The van der Waals surface area contributed by atoms with Crippen molar-refractivity contribution in [2.75, 3.05) is 33.7 Å². The summed E-state index contributed by atoms with van der Waals surface area (Å²) in [5.41, 5.74) is 5.79. The van der Waals surface area contributed by atoms with Gasteiger partial charge in [-0.1, -0.05) is 13.8 Å². The summed E-state index contributed by atoms with van der Waals surface area (Å²) in [4.78, 5) is 16.6. The number of carbonyl (C=O) groups excluding carboxylic acids is 1. The molecule has 1 fully saturated rings. The highest BCUT2D eigenvalue weighted by Crippen LogP contribution is 2.18. The van der Waals surface area contributed by atoms with Crippen LogP contribution in [0, 0.1) is 11.8 Å². The van der Waals surface area contributed by atoms with Gasteiger partial charge in [0.1, 0.15) is 0 Å². The van der Waals surface area contributed by atoms with Crippen molar-refractivity contribution in [1.82, 2.24) is 9.80 Å². The quantitative estimate of drug-likeness (QED) is 0.796. The summed E-state index contributed by atoms with van der Waals surface area (Å²) in [7, 11) is 4.08. The van der Waals surface area contributed by atoms with Crippen LogP contribution in [0.25, 0.3) is 0 Å². The average Bonchev–Trinajstić information content (AvgIpc) is 2.36. The molecule has 1 heterocycles. The maximum atomic E-state index is 12.4. The van der Waals surface area contributed by atoms with Crippen molar-refractivity contribution in [2.45, 2.75) is 45.6 Å². The summed E-state index contributed by atoms with van der Waals surface area (Å²) in [5.74, 6) is 1.19. The van der Waals surface area contributed by atoms with Crippen molar-refractivity contribution in [3.05, 3.63) is 0 Å². The number of carbonyl (C=O) groups is 1. The molecule has 1 saturated heterocycles. The lowest BCUT2D eigenvalue weighted by Crippen LogP contribution is -2.47. The van der Waals surface area contributed by atoms with Crippen molar-refractivity contribution in [1.29, 1.82) is 0 Å². The molecule has 0 radical (unpaired) electrons. The first-order valence-corrected chi connectivity index (χ1v) is 7.58. The van der Waals surface area contributed by atoms with Crippen LogP contribution in [0.1, 0.15) is 39.5 Å². The number of amides is 1. The summed E-state index contributed by atoms with van der Waals surface area (Å²) < 4.78 is 0. The highest BCUT2D eigenvalue weighted by atomic mass is 16.2. The first kappa shape index (κ1) is 16.4. The third-order valence-electron chi connectivity index (χ3n) is 4.14. The lowest BCUT2D eigenvalue weighted by atomic mass is 9.93. The van der Waals surface area contributed by atoms with E-state index >= 15 is 0 Å². The van der Waals surface area contributed by atoms with E-state index in [1.165, 1.54) is 6.42 Å². The van der Waals surface area contributed by atoms with Crippen LogP contribution < -0.4 is 5.73 Å². The van der Waals surface area contributed by atoms with Crippen LogP contribution >= 0.6 is 0 Å². The maximum Gasteiger partial charge on any atom is 0.222 e. The second kappa shape index (κ2) is 7.85. The molecule has 1 rings (SSSR count). The Morgan fingerprint density at radius 1 is 1.47 bits per heavy atom. The molecule has 0 saturated carbocycles. The van der Waals surface area contributed by atoms with Gasteiger partial charge < -0.3 is 15.5 Å². The molecule has 2 unspecified atom stereocenters. The van der Waals surface area contributed by atoms with Gasteiger partial charge >= 0.3 is 0 Å². The predicted molar refractivity (Wildman–Crippen MR) is 79.9 cm³/mol. The summed E-state index contributed by atoms with van der Waals surface area (Å²) in [6, 6.07) is 0.378. The molecular weight excluding hydrogens is 238 g/mol. The number of nitrogens with two attached hydrogens (primary N) is 1. The van der Waals surface area contributed by atoms with E-state index in [0.29, 0.717) is 30.8 Å². The van der Waals surface area contributed by atoms with Crippen molar-refractivity contribution in [2.24, 2.45) is 17.6 Å². The van der Waals surface area contributed by atoms with Gasteiger partial charge in [-0.05, 0) is 51.2 Å². The zero-order valence-corrected chi connectivity index (χ0v) is 13.1. The van der Waals surface area contributed by atoms with E-state index in [1.807, 2.05) is 11.9 Å². The van der Waals surface area contributed by atoms with Gasteiger partial charge in [-0.3, -0.25) is 4.79 Å². The normalized spacial score (nSPS) is 22.5. The molecule has 1 aliphatic rings. The van der Waals surface area contributed by atoms with Gasteiger partial charge in [0.15, 0.2) is 0 Å². The predicted octanol–water partition coefficient (Wildman–Crippen LogP) is 1.55. The fraction of sp³-hybridized carbons (Fsp3) is 0.933. The lowest BCUT2D eigenvalue weighted by Gasteiger charge is -2.36. The van der Waals surface area contributed by atoms with Crippen molar-refractivity contribution < 1.29 is 4.79 Å². The molecule has 0 aromatic heterocycles. The van der Waals surface area contributed by atoms with Crippen LogP contribution in [0.15, 0.2) is 0 Å². The summed E-state index contributed by atoms with van der Waals surface area (Å²) in [6.45, 7) is 7.14. The molecule has 0 aromatic carbocycles. The van der Waals surface area contributed by atoms with Crippen molar-refractivity contribution in [3.8, 4) is 0 Å². The zero-order valence-electron chi connectivity index (χ0n) is 13.1. The largest absolute Gasteiger partial charge is 0.341 e. The number of hydrogen-bond acceptors (Lipinski definition) is 3. The number of likely N-dealkylation sites (N-methyl/N-ethyl adjacent to an activating group) is 2. The standard InChI is InChI=1S/C15H31N3O/c1-12(2)8-13(10-16)9-15(19)18(4)14-6-5-7-17(3)11-14/h12-14H,5-11,16H2,1-4H3. The van der Waals surface area contributed by atoms with Crippen LogP contribution in [0.5, 0.6) is 0 Å². The van der Waals surface area contributed by atoms with E-state index in [1.54, 1.807) is 0 Å². The third-order valence-corrected chi connectivity index (χ3v) is 4.14. The van der Waals surface area contributed by atoms with Crippen LogP contribution in [-0.4, -0.2) is 55.5 Å². The van der Waals surface area contributed by atoms with Gasteiger partial charge in [-0.15, -0.1) is 0 Å². The van der Waals surface area contributed by atoms with E-state index < -0.39 is 0 Å². The molecule has 0 bridgehead atoms. The smallest absolute Gasteiger partial charge is 0.222 e. The molecule has 0 aromatic rings. The molecule has 0 spiro atoms. The number of hydrogen-bond donors (Lipinski definition) is 1. The van der Waals surface area contributed by atoms with Gasteiger partial charge in [-0.2, -0.15) is 0 Å². The van der Waals surface area contributed by atoms with Crippen LogP contribution in [0.3, 0.4) is 0 Å². The van der Waals surface area contributed by atoms with Crippen LogP contribution in [-0.2, 0) is 4.79 Å². The average molecular weight is 269 g/mol. The molecule has 1 amide bonds. The molecule has 2 atom stereocenters. The van der Waals surface area contributed by atoms with Crippen molar-refractivity contribution in [3.63, 3.8) is 0 Å². The summed E-state index contributed by atoms with van der Waals surface area (Å²) >= 11 is 0. The molecule has 2 N–H and O–H groups in total. The van der Waals surface area contributed by atoms with Gasteiger partial charge in [0.05, 0.1) is 0 Å². The Balaban J connectivity index is 2.46. The van der Waals surface area contributed by atoms with E-state index in [4.69, 9.17) is 5.73 Å². The fourth-order valence-corrected chi connectivity index (χ4v) is 2.98. The van der Waals surface area contributed by atoms with E-state index in [0.717, 1.165) is 25.9 Å². The number of rotatable bonds is 6. The van der Waals surface area contributed by atoms with Gasteiger partial charge in [-0.25, -0.2) is 0 Å². The Morgan fingerprint density at radius 3 is 2.68 bits per heavy atom. The maximum absolute atomic E-state index is 12.4. The highest BCUT2D eigenvalue weighted by molar-refractivity contribution is 5.76. The van der Waals surface area contributed by atoms with E-state index in [-0.39, 0.29) is 5.91 Å².